The van der Waals surface area contributed by atoms with Crippen LogP contribution >= 0.6 is 12.2 Å². The Morgan fingerprint density at radius 1 is 1.26 bits per heavy atom. The second-order valence-electron chi connectivity index (χ2n) is 4.77. The van der Waals surface area contributed by atoms with E-state index in [0.717, 1.165) is 0 Å². The Hall–Kier alpha value is -2.80. The number of nitro groups is 1. The van der Waals surface area contributed by atoms with Crippen LogP contribution in [0.2, 0.25) is 0 Å². The number of nitrogens with zero attached hydrogens (tertiary/aromatic N) is 1. The average Bonchev–Trinajstić information content (AvgIpc) is 2.54. The predicted octanol–water partition coefficient (Wildman–Crippen LogP) is 4.40. The van der Waals surface area contributed by atoms with Gasteiger partial charge in [0.05, 0.1) is 22.1 Å². The number of hydrogen-bond acceptors (Lipinski definition) is 6. The number of benzene rings is 2. The highest BCUT2D eigenvalue weighted by Gasteiger charge is 2.24. The summed E-state index contributed by atoms with van der Waals surface area (Å²) in [5, 5.41) is 12.4. The number of ether oxygens (including phenoxy) is 1. The van der Waals surface area contributed by atoms with Gasteiger partial charge in [0.25, 0.3) is 5.69 Å². The molecule has 0 fully saturated rings. The first-order chi connectivity index (χ1) is 11.0. The van der Waals surface area contributed by atoms with Gasteiger partial charge in [-0.2, -0.15) is 0 Å². The maximum absolute atomic E-state index is 12.0. The van der Waals surface area contributed by atoms with E-state index in [-0.39, 0.29) is 23.4 Å². The lowest BCUT2D eigenvalue weighted by Gasteiger charge is -2.06. The van der Waals surface area contributed by atoms with Gasteiger partial charge in [-0.15, -0.1) is 0 Å². The molecule has 0 saturated carbocycles. The van der Waals surface area contributed by atoms with Crippen molar-refractivity contribution in [2.45, 2.75) is 6.92 Å². The molecule has 1 aromatic heterocycles. The highest BCUT2D eigenvalue weighted by atomic mass is 32.1. The summed E-state index contributed by atoms with van der Waals surface area (Å²) in [6.45, 7) is 1.75. The second-order valence-corrected chi connectivity index (χ2v) is 5.18. The topological polar surface area (TPSA) is 82.6 Å². The lowest BCUT2D eigenvalue weighted by molar-refractivity contribution is -0.385. The first-order valence-electron chi connectivity index (χ1n) is 6.84. The number of rotatable bonds is 3. The molecular formula is C16H11NO5S. The van der Waals surface area contributed by atoms with Crippen LogP contribution in [0, 0.1) is 14.6 Å². The maximum Gasteiger partial charge on any atom is 0.345 e. The summed E-state index contributed by atoms with van der Waals surface area (Å²) in [6.07, 6.45) is 0. The van der Waals surface area contributed by atoms with E-state index in [9.17, 15) is 14.9 Å². The summed E-state index contributed by atoms with van der Waals surface area (Å²) in [5.74, 6) is -0.761. The van der Waals surface area contributed by atoms with Crippen molar-refractivity contribution < 1.29 is 18.9 Å². The molecule has 3 aromatic rings. The molecule has 116 valence electrons. The highest BCUT2D eigenvalue weighted by Crippen LogP contribution is 2.31. The fraction of sp³-hybridized carbons (Fsp3) is 0.125. The molecule has 7 heteroatoms. The van der Waals surface area contributed by atoms with Crippen LogP contribution in [-0.4, -0.2) is 17.5 Å². The molecule has 0 unspecified atom stereocenters. The Bertz CT molecular complexity index is 1010. The highest BCUT2D eigenvalue weighted by molar-refractivity contribution is 7.72. The van der Waals surface area contributed by atoms with Gasteiger partial charge < -0.3 is 9.15 Å². The fourth-order valence-electron chi connectivity index (χ4n) is 2.36. The third-order valence-corrected chi connectivity index (χ3v) is 3.83. The molecule has 0 N–H and O–H groups in total. The van der Waals surface area contributed by atoms with Gasteiger partial charge in [0.15, 0.2) is 0 Å². The van der Waals surface area contributed by atoms with Gasteiger partial charge in [0, 0.05) is 10.8 Å². The van der Waals surface area contributed by atoms with Crippen molar-refractivity contribution in [2.24, 2.45) is 0 Å². The third kappa shape index (κ3) is 2.55. The molecule has 0 bridgehead atoms. The first kappa shape index (κ1) is 15.1. The smallest absolute Gasteiger partial charge is 0.345 e. The molecule has 6 nitrogen and oxygen atoms in total. The van der Waals surface area contributed by atoms with Crippen LogP contribution in [-0.2, 0) is 4.74 Å². The van der Waals surface area contributed by atoms with Crippen LogP contribution in [0.25, 0.3) is 21.9 Å². The number of fused-ring (bicyclic) bond motifs is 2. The summed E-state index contributed by atoms with van der Waals surface area (Å²) >= 11 is 5.43. The molecule has 0 aliphatic carbocycles. The third-order valence-electron chi connectivity index (χ3n) is 3.39. The SMILES string of the molecule is CCOC(=O)c1cc2c(=S)c3ccccc3oc2cc1[N+](=O)[O-]. The minimum atomic E-state index is -0.761. The van der Waals surface area contributed by atoms with Gasteiger partial charge in [-0.3, -0.25) is 10.1 Å². The van der Waals surface area contributed by atoms with Gasteiger partial charge in [-0.1, -0.05) is 24.4 Å². The zero-order valence-electron chi connectivity index (χ0n) is 12.1. The van der Waals surface area contributed by atoms with E-state index < -0.39 is 10.9 Å². The fourth-order valence-corrected chi connectivity index (χ4v) is 2.69. The zero-order valence-corrected chi connectivity index (χ0v) is 12.9. The van der Waals surface area contributed by atoms with Crippen molar-refractivity contribution in [1.82, 2.24) is 0 Å². The number of carbonyl (C=O) groups is 1. The predicted molar refractivity (Wildman–Crippen MR) is 87.2 cm³/mol. The van der Waals surface area contributed by atoms with E-state index in [1.54, 1.807) is 25.1 Å². The van der Waals surface area contributed by atoms with E-state index in [2.05, 4.69) is 0 Å². The summed E-state index contributed by atoms with van der Waals surface area (Å²) < 4.78 is 11.1. The van der Waals surface area contributed by atoms with E-state index in [1.165, 1.54) is 12.1 Å². The van der Waals surface area contributed by atoms with Crippen LogP contribution in [0.4, 0.5) is 5.69 Å². The molecule has 0 amide bonds. The molecule has 0 aliphatic rings. The Morgan fingerprint density at radius 3 is 2.70 bits per heavy atom. The Kier molecular flexibility index (Phi) is 3.79. The maximum atomic E-state index is 12.0. The summed E-state index contributed by atoms with van der Waals surface area (Å²) in [5.41, 5.74) is 0.280. The number of carbonyl (C=O) groups excluding carboxylic acids is 1. The summed E-state index contributed by atoms with van der Waals surface area (Å²) in [6, 6.07) is 9.71. The molecule has 23 heavy (non-hydrogen) atoms. The molecule has 0 atom stereocenters. The van der Waals surface area contributed by atoms with Crippen molar-refractivity contribution >= 4 is 45.8 Å². The van der Waals surface area contributed by atoms with Crippen molar-refractivity contribution in [1.29, 1.82) is 0 Å². The van der Waals surface area contributed by atoms with Gasteiger partial charge in [-0.05, 0) is 25.1 Å². The number of nitro benzene ring substituents is 1. The van der Waals surface area contributed by atoms with Crippen molar-refractivity contribution in [3.63, 3.8) is 0 Å². The molecule has 0 radical (unpaired) electrons. The molecule has 0 saturated heterocycles. The summed E-state index contributed by atoms with van der Waals surface area (Å²) in [7, 11) is 0. The minimum absolute atomic E-state index is 0.122. The van der Waals surface area contributed by atoms with Crippen LogP contribution in [0.1, 0.15) is 17.3 Å². The first-order valence-corrected chi connectivity index (χ1v) is 7.25. The quantitative estimate of drug-likeness (QED) is 0.233. The lowest BCUT2D eigenvalue weighted by Crippen LogP contribution is -2.08. The number of esters is 1. The second kappa shape index (κ2) is 5.77. The normalized spacial score (nSPS) is 10.8. The number of para-hydroxylation sites is 1. The van der Waals surface area contributed by atoms with E-state index in [1.807, 2.05) is 6.07 Å². The molecule has 3 rings (SSSR count). The average molecular weight is 329 g/mol. The summed E-state index contributed by atoms with van der Waals surface area (Å²) in [4.78, 5) is 22.6. The Morgan fingerprint density at radius 2 is 2.00 bits per heavy atom. The van der Waals surface area contributed by atoms with Gasteiger partial charge >= 0.3 is 5.97 Å². The standard InChI is InChI=1S/C16H11NO5S/c1-2-21-16(18)10-7-11-14(8-12(10)17(19)20)22-13-6-4-3-5-9(13)15(11)23/h3-8H,2H2,1H3. The largest absolute Gasteiger partial charge is 0.462 e. The van der Waals surface area contributed by atoms with E-state index >= 15 is 0 Å². The molecule has 0 aliphatic heterocycles. The van der Waals surface area contributed by atoms with Crippen LogP contribution < -0.4 is 0 Å². The van der Waals surface area contributed by atoms with Crippen LogP contribution in [0.5, 0.6) is 0 Å². The van der Waals surface area contributed by atoms with Crippen LogP contribution in [0.3, 0.4) is 0 Å². The van der Waals surface area contributed by atoms with E-state index in [0.29, 0.717) is 20.9 Å². The van der Waals surface area contributed by atoms with Crippen molar-refractivity contribution in [3.05, 3.63) is 56.6 Å². The zero-order chi connectivity index (χ0) is 16.6. The molecule has 0 spiro atoms. The lowest BCUT2D eigenvalue weighted by atomic mass is 10.1. The molecule has 1 heterocycles. The van der Waals surface area contributed by atoms with Crippen molar-refractivity contribution in [2.75, 3.05) is 6.61 Å². The van der Waals surface area contributed by atoms with Crippen molar-refractivity contribution in [3.8, 4) is 0 Å². The Balaban J connectivity index is 2.40. The van der Waals surface area contributed by atoms with Gasteiger partial charge in [-0.25, -0.2) is 4.79 Å². The minimum Gasteiger partial charge on any atom is -0.462 e. The van der Waals surface area contributed by atoms with Gasteiger partial charge in [0.1, 0.15) is 16.7 Å². The van der Waals surface area contributed by atoms with Gasteiger partial charge in [0.2, 0.25) is 0 Å². The number of hydrogen-bond donors (Lipinski definition) is 0. The molecule has 2 aromatic carbocycles. The molecular weight excluding hydrogens is 318 g/mol. The monoisotopic (exact) mass is 329 g/mol. The van der Waals surface area contributed by atoms with Crippen LogP contribution in [0.15, 0.2) is 40.8 Å². The van der Waals surface area contributed by atoms with E-state index in [4.69, 9.17) is 21.4 Å². The Labute approximate surface area is 135 Å².